The van der Waals surface area contributed by atoms with Crippen molar-refractivity contribution in [2.75, 3.05) is 6.61 Å². The number of hydrogen-bond acceptors (Lipinski definition) is 4. The van der Waals surface area contributed by atoms with Gasteiger partial charge in [0.05, 0.1) is 5.56 Å². The van der Waals surface area contributed by atoms with E-state index in [2.05, 4.69) is 25.1 Å². The molecule has 2 aliphatic heterocycles. The zero-order valence-electron chi connectivity index (χ0n) is 20.1. The first-order valence-electron chi connectivity index (χ1n) is 12.1. The zero-order chi connectivity index (χ0) is 23.8. The molecule has 5 rings (SSSR count). The number of ether oxygens (including phenoxy) is 3. The van der Waals surface area contributed by atoms with Gasteiger partial charge in [0, 0.05) is 12.0 Å². The van der Waals surface area contributed by atoms with Gasteiger partial charge in [0.1, 0.15) is 41.7 Å². The number of rotatable bonds is 6. The molecule has 2 heterocycles. The minimum atomic E-state index is -1.18. The molecule has 0 saturated heterocycles. The average molecular weight is 457 g/mol. The first kappa shape index (κ1) is 22.5. The van der Waals surface area contributed by atoms with Crippen molar-refractivity contribution in [1.29, 1.82) is 0 Å². The van der Waals surface area contributed by atoms with E-state index in [1.807, 2.05) is 68.5 Å². The molecule has 0 aromatic heterocycles. The van der Waals surface area contributed by atoms with E-state index in [1.165, 1.54) is 5.56 Å². The quantitative estimate of drug-likeness (QED) is 0.478. The standard InChI is InChI=1S/C30H32O4/c1-4-8-21-11-13-25(27(17-21)32-19-22-9-6-5-7-10-22)30(31)18-23-12-14-26-24(28(23)33-20-30)15-16-29(2,3)34-26/h5-7,9-17,31H,4,8,18-20H2,1-3H3. The molecule has 0 saturated carbocycles. The first-order valence-corrected chi connectivity index (χ1v) is 12.1. The minimum Gasteiger partial charge on any atom is -0.489 e. The molecular formula is C30H32O4. The van der Waals surface area contributed by atoms with Crippen LogP contribution in [0.15, 0.2) is 66.7 Å². The van der Waals surface area contributed by atoms with Crippen LogP contribution >= 0.6 is 0 Å². The summed E-state index contributed by atoms with van der Waals surface area (Å²) in [4.78, 5) is 0. The summed E-state index contributed by atoms with van der Waals surface area (Å²) in [5.41, 5.74) is 3.43. The van der Waals surface area contributed by atoms with Gasteiger partial charge in [-0.25, -0.2) is 0 Å². The summed E-state index contributed by atoms with van der Waals surface area (Å²) >= 11 is 0. The van der Waals surface area contributed by atoms with Crippen molar-refractivity contribution in [3.8, 4) is 17.2 Å². The van der Waals surface area contributed by atoms with Crippen LogP contribution in [0.2, 0.25) is 0 Å². The van der Waals surface area contributed by atoms with E-state index in [0.717, 1.165) is 46.6 Å². The smallest absolute Gasteiger partial charge is 0.133 e. The maximum atomic E-state index is 11.8. The van der Waals surface area contributed by atoms with E-state index in [-0.39, 0.29) is 12.2 Å². The number of benzene rings is 3. The molecule has 0 aliphatic carbocycles. The van der Waals surface area contributed by atoms with E-state index in [0.29, 0.717) is 18.8 Å². The second kappa shape index (κ2) is 8.84. The van der Waals surface area contributed by atoms with Crippen LogP contribution < -0.4 is 14.2 Å². The van der Waals surface area contributed by atoms with Crippen LogP contribution in [0.4, 0.5) is 0 Å². The minimum absolute atomic E-state index is 0.155. The van der Waals surface area contributed by atoms with Gasteiger partial charge in [0.2, 0.25) is 0 Å². The van der Waals surface area contributed by atoms with Crippen LogP contribution in [0.1, 0.15) is 55.0 Å². The molecule has 3 aromatic rings. The predicted molar refractivity (Wildman–Crippen MR) is 134 cm³/mol. The van der Waals surface area contributed by atoms with Crippen molar-refractivity contribution in [2.24, 2.45) is 0 Å². The summed E-state index contributed by atoms with van der Waals surface area (Å²) in [6.45, 7) is 6.83. The van der Waals surface area contributed by atoms with Crippen LogP contribution in [0.5, 0.6) is 17.2 Å². The van der Waals surface area contributed by atoms with Gasteiger partial charge in [-0.15, -0.1) is 0 Å². The molecule has 0 bridgehead atoms. The molecule has 0 amide bonds. The Labute approximate surface area is 201 Å². The van der Waals surface area contributed by atoms with Gasteiger partial charge in [-0.3, -0.25) is 0 Å². The molecule has 0 radical (unpaired) electrons. The van der Waals surface area contributed by atoms with Crippen LogP contribution in [-0.4, -0.2) is 17.3 Å². The lowest BCUT2D eigenvalue weighted by atomic mass is 9.83. The third-order valence-electron chi connectivity index (χ3n) is 6.52. The lowest BCUT2D eigenvalue weighted by Gasteiger charge is -2.37. The third-order valence-corrected chi connectivity index (χ3v) is 6.52. The Kier molecular flexibility index (Phi) is 5.86. The topological polar surface area (TPSA) is 47.9 Å². The summed E-state index contributed by atoms with van der Waals surface area (Å²) in [6.07, 6.45) is 6.57. The molecule has 34 heavy (non-hydrogen) atoms. The van der Waals surface area contributed by atoms with Crippen molar-refractivity contribution in [1.82, 2.24) is 0 Å². The molecule has 2 aliphatic rings. The molecule has 176 valence electrons. The Balaban J connectivity index is 1.46. The van der Waals surface area contributed by atoms with E-state index in [4.69, 9.17) is 14.2 Å². The lowest BCUT2D eigenvalue weighted by molar-refractivity contribution is -0.0241. The van der Waals surface area contributed by atoms with Crippen LogP contribution in [0, 0.1) is 0 Å². The second-order valence-electron chi connectivity index (χ2n) is 9.86. The van der Waals surface area contributed by atoms with Crippen molar-refractivity contribution in [3.05, 3.63) is 94.6 Å². The fraction of sp³-hybridized carbons (Fsp3) is 0.333. The lowest BCUT2D eigenvalue weighted by Crippen LogP contribution is -2.39. The predicted octanol–water partition coefficient (Wildman–Crippen LogP) is 6.23. The fourth-order valence-electron chi connectivity index (χ4n) is 4.77. The highest BCUT2D eigenvalue weighted by Crippen LogP contribution is 2.45. The van der Waals surface area contributed by atoms with E-state index < -0.39 is 5.60 Å². The Bertz CT molecular complexity index is 1210. The highest BCUT2D eigenvalue weighted by atomic mass is 16.5. The van der Waals surface area contributed by atoms with Gasteiger partial charge in [0.25, 0.3) is 0 Å². The SMILES string of the molecule is CCCc1ccc(C2(O)COc3c(ccc4c3C=CC(C)(C)O4)C2)c(OCc2ccccc2)c1. The van der Waals surface area contributed by atoms with Gasteiger partial charge < -0.3 is 19.3 Å². The Morgan fingerprint density at radius 2 is 1.82 bits per heavy atom. The van der Waals surface area contributed by atoms with Crippen molar-refractivity contribution < 1.29 is 19.3 Å². The zero-order valence-corrected chi connectivity index (χ0v) is 20.1. The molecule has 0 spiro atoms. The highest BCUT2D eigenvalue weighted by molar-refractivity contribution is 5.69. The molecule has 3 aromatic carbocycles. The average Bonchev–Trinajstić information content (AvgIpc) is 2.83. The van der Waals surface area contributed by atoms with Gasteiger partial charge in [0.15, 0.2) is 0 Å². The van der Waals surface area contributed by atoms with Crippen molar-refractivity contribution in [3.63, 3.8) is 0 Å². The molecule has 0 fully saturated rings. The second-order valence-corrected chi connectivity index (χ2v) is 9.86. The summed E-state index contributed by atoms with van der Waals surface area (Å²) in [5.74, 6) is 2.32. The first-order chi connectivity index (χ1) is 16.4. The number of aliphatic hydroxyl groups is 1. The number of hydrogen-bond donors (Lipinski definition) is 1. The number of aryl methyl sites for hydroxylation is 1. The maximum absolute atomic E-state index is 11.8. The van der Waals surface area contributed by atoms with Crippen molar-refractivity contribution in [2.45, 2.75) is 57.8 Å². The summed E-state index contributed by atoms with van der Waals surface area (Å²) in [5, 5.41) is 11.8. The molecular weight excluding hydrogens is 424 g/mol. The Morgan fingerprint density at radius 3 is 2.62 bits per heavy atom. The summed E-state index contributed by atoms with van der Waals surface area (Å²) in [7, 11) is 0. The highest BCUT2D eigenvalue weighted by Gasteiger charge is 2.39. The Morgan fingerprint density at radius 1 is 1.00 bits per heavy atom. The van der Waals surface area contributed by atoms with Crippen LogP contribution in [0.3, 0.4) is 0 Å². The fourth-order valence-corrected chi connectivity index (χ4v) is 4.77. The molecule has 1 unspecified atom stereocenters. The Hall–Kier alpha value is -3.24. The van der Waals surface area contributed by atoms with E-state index in [1.54, 1.807) is 0 Å². The van der Waals surface area contributed by atoms with Gasteiger partial charge in [-0.2, -0.15) is 0 Å². The molecule has 4 heteroatoms. The van der Waals surface area contributed by atoms with E-state index in [9.17, 15) is 5.11 Å². The van der Waals surface area contributed by atoms with Crippen LogP contribution in [-0.2, 0) is 25.0 Å². The molecule has 1 N–H and O–H groups in total. The molecule has 1 atom stereocenters. The summed E-state index contributed by atoms with van der Waals surface area (Å²) in [6, 6.07) is 20.2. The third kappa shape index (κ3) is 4.43. The molecule has 4 nitrogen and oxygen atoms in total. The van der Waals surface area contributed by atoms with E-state index >= 15 is 0 Å². The van der Waals surface area contributed by atoms with Gasteiger partial charge in [-0.1, -0.05) is 61.9 Å². The van der Waals surface area contributed by atoms with Crippen molar-refractivity contribution >= 4 is 6.08 Å². The normalized spacial score (nSPS) is 20.0. The summed E-state index contributed by atoms with van der Waals surface area (Å²) < 4.78 is 18.6. The van der Waals surface area contributed by atoms with Crippen LogP contribution in [0.25, 0.3) is 6.08 Å². The maximum Gasteiger partial charge on any atom is 0.133 e. The van der Waals surface area contributed by atoms with Gasteiger partial charge in [-0.05, 0) is 61.2 Å². The monoisotopic (exact) mass is 456 g/mol. The van der Waals surface area contributed by atoms with Gasteiger partial charge >= 0.3 is 0 Å². The largest absolute Gasteiger partial charge is 0.489 e. The number of fused-ring (bicyclic) bond motifs is 3.